The normalized spacial score (nSPS) is 10.6. The Morgan fingerprint density at radius 1 is 1.32 bits per heavy atom. The molecule has 0 aliphatic carbocycles. The van der Waals surface area contributed by atoms with Crippen LogP contribution in [0.3, 0.4) is 0 Å². The van der Waals surface area contributed by atoms with Gasteiger partial charge in [0.05, 0.1) is 23.5 Å². The Morgan fingerprint density at radius 2 is 2.09 bits per heavy atom. The average Bonchev–Trinajstić information content (AvgIpc) is 2.50. The van der Waals surface area contributed by atoms with Crippen LogP contribution in [0.1, 0.15) is 5.56 Å². The third-order valence-electron chi connectivity index (χ3n) is 2.70. The van der Waals surface area contributed by atoms with Gasteiger partial charge in [-0.3, -0.25) is 4.79 Å². The van der Waals surface area contributed by atoms with E-state index in [1.54, 1.807) is 24.3 Å². The summed E-state index contributed by atoms with van der Waals surface area (Å²) in [5, 5.41) is 16.9. The van der Waals surface area contributed by atoms with Crippen molar-refractivity contribution < 1.29 is 9.90 Å². The molecule has 1 amide bonds. The molecule has 0 heterocycles. The van der Waals surface area contributed by atoms with E-state index in [1.807, 2.05) is 12.1 Å². The van der Waals surface area contributed by atoms with Crippen molar-refractivity contribution in [3.63, 3.8) is 0 Å². The molecule has 0 aliphatic rings. The summed E-state index contributed by atoms with van der Waals surface area (Å²) >= 11 is 9.26. The lowest BCUT2D eigenvalue weighted by Crippen LogP contribution is -2.25. The van der Waals surface area contributed by atoms with Gasteiger partial charge >= 0.3 is 0 Å². The van der Waals surface area contributed by atoms with Crippen molar-refractivity contribution in [2.45, 2.75) is 0 Å². The Kier molecular flexibility index (Phi) is 5.80. The highest BCUT2D eigenvalue weighted by atomic mass is 79.9. The number of aromatic hydroxyl groups is 1. The van der Waals surface area contributed by atoms with Crippen molar-refractivity contribution in [3.05, 3.63) is 57.5 Å². The Labute approximate surface area is 141 Å². The molecule has 0 unspecified atom stereocenters. The number of carbonyl (C=O) groups excluding carboxylic acids is 1. The predicted molar refractivity (Wildman–Crippen MR) is 91.5 cm³/mol. The second kappa shape index (κ2) is 7.82. The minimum absolute atomic E-state index is 0.0333. The predicted octanol–water partition coefficient (Wildman–Crippen LogP) is 3.37. The van der Waals surface area contributed by atoms with E-state index in [4.69, 9.17) is 11.6 Å². The molecule has 0 bridgehead atoms. The Morgan fingerprint density at radius 3 is 2.86 bits per heavy atom. The number of phenolic OH excluding ortho intramolecular Hbond substituents is 1. The summed E-state index contributed by atoms with van der Waals surface area (Å²) in [5.41, 5.74) is 3.53. The first-order chi connectivity index (χ1) is 10.6. The summed E-state index contributed by atoms with van der Waals surface area (Å²) in [6, 6.07) is 12.1. The molecule has 0 saturated carbocycles. The molecular formula is C15H13BrClN3O2. The number of amides is 1. The van der Waals surface area contributed by atoms with Gasteiger partial charge in [-0.05, 0) is 30.3 Å². The van der Waals surface area contributed by atoms with Gasteiger partial charge in [0.25, 0.3) is 5.91 Å². The summed E-state index contributed by atoms with van der Waals surface area (Å²) in [7, 11) is 0. The highest BCUT2D eigenvalue weighted by Crippen LogP contribution is 2.20. The van der Waals surface area contributed by atoms with E-state index in [1.165, 1.54) is 12.3 Å². The number of phenols is 1. The van der Waals surface area contributed by atoms with Crippen LogP contribution in [0.4, 0.5) is 5.69 Å². The van der Waals surface area contributed by atoms with Crippen molar-refractivity contribution in [2.24, 2.45) is 5.10 Å². The summed E-state index contributed by atoms with van der Waals surface area (Å²) in [4.78, 5) is 11.7. The van der Waals surface area contributed by atoms with Gasteiger partial charge in [0.2, 0.25) is 0 Å². The second-order valence-corrected chi connectivity index (χ2v) is 5.65. The van der Waals surface area contributed by atoms with Crippen LogP contribution in [0.5, 0.6) is 5.75 Å². The molecular weight excluding hydrogens is 370 g/mol. The maximum Gasteiger partial charge on any atom is 0.259 e. The zero-order valence-corrected chi connectivity index (χ0v) is 13.7. The van der Waals surface area contributed by atoms with Crippen molar-refractivity contribution in [1.82, 2.24) is 5.43 Å². The zero-order chi connectivity index (χ0) is 15.9. The van der Waals surface area contributed by atoms with Crippen molar-refractivity contribution >= 4 is 45.3 Å². The number of benzene rings is 2. The lowest BCUT2D eigenvalue weighted by Gasteiger charge is -2.06. The first-order valence-electron chi connectivity index (χ1n) is 6.35. The maximum atomic E-state index is 11.7. The maximum absolute atomic E-state index is 11.7. The third kappa shape index (κ3) is 4.75. The fourth-order valence-corrected chi connectivity index (χ4v) is 2.20. The van der Waals surface area contributed by atoms with Crippen LogP contribution < -0.4 is 10.7 Å². The molecule has 2 aromatic rings. The number of halogens is 2. The SMILES string of the molecule is O=C(CNc1ccccc1Cl)NN=Cc1cc(Br)ccc1O. The van der Waals surface area contributed by atoms with Crippen LogP contribution in [-0.2, 0) is 4.79 Å². The van der Waals surface area contributed by atoms with E-state index in [9.17, 15) is 9.90 Å². The number of rotatable bonds is 5. The molecule has 22 heavy (non-hydrogen) atoms. The van der Waals surface area contributed by atoms with Crippen LogP contribution in [-0.4, -0.2) is 23.8 Å². The first kappa shape index (κ1) is 16.3. The largest absolute Gasteiger partial charge is 0.507 e. The number of carbonyl (C=O) groups is 1. The van der Waals surface area contributed by atoms with Crippen LogP contribution >= 0.6 is 27.5 Å². The topological polar surface area (TPSA) is 73.7 Å². The van der Waals surface area contributed by atoms with Gasteiger partial charge < -0.3 is 10.4 Å². The average molecular weight is 383 g/mol. The molecule has 2 aromatic carbocycles. The third-order valence-corrected chi connectivity index (χ3v) is 3.52. The Balaban J connectivity index is 1.86. The molecule has 0 saturated heterocycles. The number of nitrogens with zero attached hydrogens (tertiary/aromatic N) is 1. The van der Waals surface area contributed by atoms with Gasteiger partial charge in [-0.15, -0.1) is 0 Å². The molecule has 5 nitrogen and oxygen atoms in total. The number of hydrazone groups is 1. The number of para-hydroxylation sites is 1. The summed E-state index contributed by atoms with van der Waals surface area (Å²) in [6.07, 6.45) is 1.37. The van der Waals surface area contributed by atoms with Crippen molar-refractivity contribution in [2.75, 3.05) is 11.9 Å². The Hall–Kier alpha value is -2.05. The summed E-state index contributed by atoms with van der Waals surface area (Å²) in [5.74, 6) is -0.249. The molecule has 0 aliphatic heterocycles. The van der Waals surface area contributed by atoms with E-state index >= 15 is 0 Å². The van der Waals surface area contributed by atoms with Crippen LogP contribution in [0.25, 0.3) is 0 Å². The van der Waals surface area contributed by atoms with Gasteiger partial charge in [-0.1, -0.05) is 39.7 Å². The monoisotopic (exact) mass is 381 g/mol. The van der Waals surface area contributed by atoms with Gasteiger partial charge in [-0.25, -0.2) is 5.43 Å². The minimum Gasteiger partial charge on any atom is -0.507 e. The van der Waals surface area contributed by atoms with Gasteiger partial charge in [0, 0.05) is 10.0 Å². The molecule has 114 valence electrons. The van der Waals surface area contributed by atoms with Gasteiger partial charge in [0.1, 0.15) is 5.75 Å². The number of hydrogen-bond acceptors (Lipinski definition) is 4. The molecule has 0 fully saturated rings. The molecule has 2 rings (SSSR count). The van der Waals surface area contributed by atoms with E-state index < -0.39 is 0 Å². The standard InChI is InChI=1S/C15H13BrClN3O2/c16-11-5-6-14(21)10(7-11)8-19-20-15(22)9-18-13-4-2-1-3-12(13)17/h1-8,18,21H,9H2,(H,20,22). The minimum atomic E-state index is -0.328. The van der Waals surface area contributed by atoms with E-state index in [-0.39, 0.29) is 18.2 Å². The van der Waals surface area contributed by atoms with Gasteiger partial charge in [0.15, 0.2) is 0 Å². The molecule has 7 heteroatoms. The first-order valence-corrected chi connectivity index (χ1v) is 7.52. The zero-order valence-electron chi connectivity index (χ0n) is 11.4. The van der Waals surface area contributed by atoms with Crippen LogP contribution in [0, 0.1) is 0 Å². The quantitative estimate of drug-likeness (QED) is 0.548. The number of nitrogens with one attached hydrogen (secondary N) is 2. The molecule has 0 radical (unpaired) electrons. The molecule has 0 aromatic heterocycles. The van der Waals surface area contributed by atoms with Crippen molar-refractivity contribution in [1.29, 1.82) is 0 Å². The lowest BCUT2D eigenvalue weighted by molar-refractivity contribution is -0.119. The van der Waals surface area contributed by atoms with Crippen molar-refractivity contribution in [3.8, 4) is 5.75 Å². The molecule has 3 N–H and O–H groups in total. The Bertz CT molecular complexity index is 707. The fourth-order valence-electron chi connectivity index (χ4n) is 1.62. The number of anilines is 1. The van der Waals surface area contributed by atoms with Crippen LogP contribution in [0.15, 0.2) is 52.0 Å². The second-order valence-electron chi connectivity index (χ2n) is 4.33. The summed E-state index contributed by atoms with van der Waals surface area (Å²) in [6.45, 7) is 0.0333. The molecule has 0 spiro atoms. The smallest absolute Gasteiger partial charge is 0.259 e. The van der Waals surface area contributed by atoms with E-state index in [0.717, 1.165) is 4.47 Å². The highest BCUT2D eigenvalue weighted by molar-refractivity contribution is 9.10. The fraction of sp³-hybridized carbons (Fsp3) is 0.0667. The van der Waals surface area contributed by atoms with Crippen LogP contribution in [0.2, 0.25) is 5.02 Å². The molecule has 0 atom stereocenters. The highest BCUT2D eigenvalue weighted by Gasteiger charge is 2.03. The number of hydrogen-bond donors (Lipinski definition) is 3. The van der Waals surface area contributed by atoms with Gasteiger partial charge in [-0.2, -0.15) is 5.10 Å². The lowest BCUT2D eigenvalue weighted by atomic mass is 10.2. The van der Waals surface area contributed by atoms with E-state index in [2.05, 4.69) is 31.8 Å². The van der Waals surface area contributed by atoms with E-state index in [0.29, 0.717) is 16.3 Å². The summed E-state index contributed by atoms with van der Waals surface area (Å²) < 4.78 is 0.804.